The van der Waals surface area contributed by atoms with Gasteiger partial charge in [-0.15, -0.1) is 0 Å². The number of hydrogen-bond donors (Lipinski definition) is 2. The first-order valence-corrected chi connectivity index (χ1v) is 6.50. The third-order valence-electron chi connectivity index (χ3n) is 3.53. The van der Waals surface area contributed by atoms with Crippen molar-refractivity contribution < 1.29 is 9.84 Å². The monoisotopic (exact) mass is 255 g/mol. The van der Waals surface area contributed by atoms with E-state index in [4.69, 9.17) is 10.5 Å². The average Bonchev–Trinajstić information content (AvgIpc) is 2.94. The van der Waals surface area contributed by atoms with Gasteiger partial charge >= 0.3 is 0 Å². The second kappa shape index (κ2) is 5.03. The van der Waals surface area contributed by atoms with E-state index in [1.54, 1.807) is 0 Å². The van der Waals surface area contributed by atoms with E-state index >= 15 is 0 Å². The number of rotatable bonds is 3. The molecule has 0 aliphatic carbocycles. The highest BCUT2D eigenvalue weighted by atomic mass is 16.5. The molecule has 3 heteroatoms. The van der Waals surface area contributed by atoms with Gasteiger partial charge in [0.1, 0.15) is 11.9 Å². The molecule has 1 aliphatic heterocycles. The molecule has 0 aromatic heterocycles. The minimum absolute atomic E-state index is 0.485. The summed E-state index contributed by atoms with van der Waals surface area (Å²) in [5, 5.41) is 10.5. The van der Waals surface area contributed by atoms with Crippen LogP contribution >= 0.6 is 0 Å². The zero-order valence-electron chi connectivity index (χ0n) is 10.7. The predicted octanol–water partition coefficient (Wildman–Crippen LogP) is 2.16. The first-order chi connectivity index (χ1) is 9.28. The number of ether oxygens (including phenoxy) is 1. The molecule has 0 saturated heterocycles. The van der Waals surface area contributed by atoms with Crippen LogP contribution in [0.15, 0.2) is 42.5 Å². The predicted molar refractivity (Wildman–Crippen MR) is 74.0 cm³/mol. The van der Waals surface area contributed by atoms with E-state index in [2.05, 4.69) is 0 Å². The quantitative estimate of drug-likeness (QED) is 0.883. The standard InChI is InChI=1S/C16H17NO2/c17-10-11-2-1-3-13(8-11)16(18)14-4-5-15-12(9-14)6-7-19-15/h1-5,8-9,16,18H,6-7,10,17H2. The Bertz CT molecular complexity index is 595. The molecule has 2 aromatic carbocycles. The van der Waals surface area contributed by atoms with Gasteiger partial charge in [-0.1, -0.05) is 30.3 Å². The van der Waals surface area contributed by atoms with Crippen LogP contribution in [0.4, 0.5) is 0 Å². The zero-order chi connectivity index (χ0) is 13.2. The first kappa shape index (κ1) is 12.2. The summed E-state index contributed by atoms with van der Waals surface area (Å²) >= 11 is 0. The van der Waals surface area contributed by atoms with Crippen molar-refractivity contribution in [3.8, 4) is 5.75 Å². The Kier molecular flexibility index (Phi) is 3.23. The molecule has 0 amide bonds. The number of hydrogen-bond acceptors (Lipinski definition) is 3. The topological polar surface area (TPSA) is 55.5 Å². The van der Waals surface area contributed by atoms with Crippen LogP contribution in [-0.4, -0.2) is 11.7 Å². The van der Waals surface area contributed by atoms with Crippen molar-refractivity contribution in [2.24, 2.45) is 5.73 Å². The fraction of sp³-hybridized carbons (Fsp3) is 0.250. The fourth-order valence-corrected chi connectivity index (χ4v) is 2.46. The molecule has 0 bridgehead atoms. The Labute approximate surface area is 112 Å². The Hall–Kier alpha value is -1.84. The molecule has 1 heterocycles. The second-order valence-electron chi connectivity index (χ2n) is 4.82. The Morgan fingerprint density at radius 3 is 2.84 bits per heavy atom. The molecule has 3 rings (SSSR count). The molecule has 0 radical (unpaired) electrons. The van der Waals surface area contributed by atoms with Gasteiger partial charge in [0, 0.05) is 13.0 Å². The third-order valence-corrected chi connectivity index (χ3v) is 3.53. The maximum atomic E-state index is 10.5. The summed E-state index contributed by atoms with van der Waals surface area (Å²) in [4.78, 5) is 0. The van der Waals surface area contributed by atoms with Crippen molar-refractivity contribution >= 4 is 0 Å². The normalized spacial score (nSPS) is 14.8. The Balaban J connectivity index is 1.92. The van der Waals surface area contributed by atoms with E-state index in [0.717, 1.165) is 35.5 Å². The van der Waals surface area contributed by atoms with Crippen molar-refractivity contribution in [2.45, 2.75) is 19.1 Å². The summed E-state index contributed by atoms with van der Waals surface area (Å²) in [5.41, 5.74) is 9.61. The van der Waals surface area contributed by atoms with Crippen molar-refractivity contribution in [3.05, 3.63) is 64.7 Å². The minimum Gasteiger partial charge on any atom is -0.493 e. The molecule has 3 nitrogen and oxygen atoms in total. The van der Waals surface area contributed by atoms with Gasteiger partial charge in [0.05, 0.1) is 6.61 Å². The molecule has 98 valence electrons. The summed E-state index contributed by atoms with van der Waals surface area (Å²) in [5.74, 6) is 0.937. The van der Waals surface area contributed by atoms with Crippen molar-refractivity contribution in [1.29, 1.82) is 0 Å². The number of aliphatic hydroxyl groups excluding tert-OH is 1. The summed E-state index contributed by atoms with van der Waals surface area (Å²) in [6.07, 6.45) is 0.302. The lowest BCUT2D eigenvalue weighted by Crippen LogP contribution is -2.03. The lowest BCUT2D eigenvalue weighted by atomic mass is 9.97. The summed E-state index contributed by atoms with van der Waals surface area (Å²) in [7, 11) is 0. The lowest BCUT2D eigenvalue weighted by molar-refractivity contribution is 0.220. The van der Waals surface area contributed by atoms with Crippen LogP contribution in [0.3, 0.4) is 0 Å². The van der Waals surface area contributed by atoms with Gasteiger partial charge < -0.3 is 15.6 Å². The van der Waals surface area contributed by atoms with Crippen LogP contribution in [0.1, 0.15) is 28.4 Å². The van der Waals surface area contributed by atoms with E-state index in [1.807, 2.05) is 42.5 Å². The van der Waals surface area contributed by atoms with Gasteiger partial charge in [-0.05, 0) is 34.4 Å². The highest BCUT2D eigenvalue weighted by Crippen LogP contribution is 2.30. The Morgan fingerprint density at radius 1 is 1.16 bits per heavy atom. The van der Waals surface area contributed by atoms with Gasteiger partial charge in [0.25, 0.3) is 0 Å². The molecule has 0 fully saturated rings. The summed E-state index contributed by atoms with van der Waals surface area (Å²) in [6, 6.07) is 13.7. The molecule has 1 aliphatic rings. The van der Waals surface area contributed by atoms with Crippen LogP contribution in [0, 0.1) is 0 Å². The first-order valence-electron chi connectivity index (χ1n) is 6.50. The van der Waals surface area contributed by atoms with Crippen molar-refractivity contribution in [3.63, 3.8) is 0 Å². The highest BCUT2D eigenvalue weighted by Gasteiger charge is 2.16. The van der Waals surface area contributed by atoms with E-state index in [1.165, 1.54) is 5.56 Å². The van der Waals surface area contributed by atoms with Gasteiger partial charge in [0.15, 0.2) is 0 Å². The number of nitrogens with two attached hydrogens (primary N) is 1. The third kappa shape index (κ3) is 2.35. The van der Waals surface area contributed by atoms with Crippen LogP contribution in [0.2, 0.25) is 0 Å². The summed E-state index contributed by atoms with van der Waals surface area (Å²) in [6.45, 7) is 1.22. The second-order valence-corrected chi connectivity index (χ2v) is 4.82. The van der Waals surface area contributed by atoms with Crippen LogP contribution in [0.5, 0.6) is 5.75 Å². The molecular formula is C16H17NO2. The maximum absolute atomic E-state index is 10.5. The molecule has 0 saturated carbocycles. The van der Waals surface area contributed by atoms with Gasteiger partial charge in [-0.2, -0.15) is 0 Å². The fourth-order valence-electron chi connectivity index (χ4n) is 2.46. The molecule has 0 spiro atoms. The minimum atomic E-state index is -0.614. The van der Waals surface area contributed by atoms with Crippen molar-refractivity contribution in [1.82, 2.24) is 0 Å². The SMILES string of the molecule is NCc1cccc(C(O)c2ccc3c(c2)CCO3)c1. The van der Waals surface area contributed by atoms with Gasteiger partial charge in [0.2, 0.25) is 0 Å². The molecule has 19 heavy (non-hydrogen) atoms. The lowest BCUT2D eigenvalue weighted by Gasteiger charge is -2.13. The summed E-state index contributed by atoms with van der Waals surface area (Å²) < 4.78 is 5.48. The number of aliphatic hydroxyl groups is 1. The van der Waals surface area contributed by atoms with Crippen LogP contribution < -0.4 is 10.5 Å². The molecule has 2 aromatic rings. The van der Waals surface area contributed by atoms with E-state index in [-0.39, 0.29) is 0 Å². The van der Waals surface area contributed by atoms with Gasteiger partial charge in [-0.3, -0.25) is 0 Å². The smallest absolute Gasteiger partial charge is 0.122 e. The highest BCUT2D eigenvalue weighted by molar-refractivity contribution is 5.43. The van der Waals surface area contributed by atoms with Crippen molar-refractivity contribution in [2.75, 3.05) is 6.61 Å². The molecule has 1 unspecified atom stereocenters. The van der Waals surface area contributed by atoms with E-state index in [0.29, 0.717) is 6.54 Å². The van der Waals surface area contributed by atoms with E-state index in [9.17, 15) is 5.11 Å². The molecule has 3 N–H and O–H groups in total. The van der Waals surface area contributed by atoms with Crippen LogP contribution in [-0.2, 0) is 13.0 Å². The average molecular weight is 255 g/mol. The largest absolute Gasteiger partial charge is 0.493 e. The number of fused-ring (bicyclic) bond motifs is 1. The van der Waals surface area contributed by atoms with Gasteiger partial charge in [-0.25, -0.2) is 0 Å². The zero-order valence-corrected chi connectivity index (χ0v) is 10.7. The maximum Gasteiger partial charge on any atom is 0.122 e. The number of benzene rings is 2. The van der Waals surface area contributed by atoms with E-state index < -0.39 is 6.10 Å². The molecular weight excluding hydrogens is 238 g/mol. The molecule has 1 atom stereocenters. The van der Waals surface area contributed by atoms with Crippen LogP contribution in [0.25, 0.3) is 0 Å². The Morgan fingerprint density at radius 2 is 2.00 bits per heavy atom.